The van der Waals surface area contributed by atoms with Crippen LogP contribution in [0.25, 0.3) is 0 Å². The van der Waals surface area contributed by atoms with Gasteiger partial charge in [0.05, 0.1) is 21.3 Å². The molecule has 1 amide bonds. The molecule has 0 bridgehead atoms. The quantitative estimate of drug-likeness (QED) is 0.691. The van der Waals surface area contributed by atoms with Crippen LogP contribution in [-0.4, -0.2) is 20.6 Å². The highest BCUT2D eigenvalue weighted by Crippen LogP contribution is 2.23. The number of non-ortho nitro benzene ring substituents is 1. The number of benzene rings is 1. The van der Waals surface area contributed by atoms with Crippen molar-refractivity contribution >= 4 is 28.9 Å². The van der Waals surface area contributed by atoms with Crippen molar-refractivity contribution < 1.29 is 9.72 Å². The molecule has 116 valence electrons. The third kappa shape index (κ3) is 3.09. The standard InChI is InChI=1S/C14H15ClN4O3/c1-8-13(15)9(2)18(17-8)10(3)14(20)16-11-4-6-12(7-5-11)19(21)22/h4-7,10H,1-3H3,(H,16,20). The Bertz CT molecular complexity index is 724. The summed E-state index contributed by atoms with van der Waals surface area (Å²) in [6, 6.07) is 5.08. The number of nitrogens with one attached hydrogen (secondary N) is 1. The lowest BCUT2D eigenvalue weighted by Crippen LogP contribution is -2.25. The van der Waals surface area contributed by atoms with Gasteiger partial charge in [-0.1, -0.05) is 11.6 Å². The van der Waals surface area contributed by atoms with Crippen LogP contribution in [-0.2, 0) is 4.79 Å². The first kappa shape index (κ1) is 16.0. The second-order valence-corrected chi connectivity index (χ2v) is 5.28. The summed E-state index contributed by atoms with van der Waals surface area (Å²) in [6.07, 6.45) is 0. The van der Waals surface area contributed by atoms with Gasteiger partial charge in [0.2, 0.25) is 5.91 Å². The Morgan fingerprint density at radius 3 is 2.41 bits per heavy atom. The summed E-state index contributed by atoms with van der Waals surface area (Å²) in [4.78, 5) is 22.4. The largest absolute Gasteiger partial charge is 0.324 e. The Hall–Kier alpha value is -2.41. The molecule has 2 rings (SSSR count). The maximum Gasteiger partial charge on any atom is 0.269 e. The molecule has 0 saturated carbocycles. The van der Waals surface area contributed by atoms with Gasteiger partial charge in [-0.25, -0.2) is 0 Å². The molecular weight excluding hydrogens is 308 g/mol. The Morgan fingerprint density at radius 2 is 1.95 bits per heavy atom. The van der Waals surface area contributed by atoms with E-state index in [-0.39, 0.29) is 11.6 Å². The Balaban J connectivity index is 2.14. The number of rotatable bonds is 4. The lowest BCUT2D eigenvalue weighted by atomic mass is 10.2. The summed E-state index contributed by atoms with van der Waals surface area (Å²) in [5.41, 5.74) is 1.83. The molecule has 1 unspecified atom stereocenters. The third-order valence-electron chi connectivity index (χ3n) is 3.33. The molecule has 0 saturated heterocycles. The van der Waals surface area contributed by atoms with Gasteiger partial charge in [-0.05, 0) is 32.9 Å². The number of aryl methyl sites for hydroxylation is 1. The molecule has 1 aromatic heterocycles. The van der Waals surface area contributed by atoms with Crippen molar-refractivity contribution in [2.24, 2.45) is 0 Å². The van der Waals surface area contributed by atoms with E-state index in [1.807, 2.05) is 0 Å². The Morgan fingerprint density at radius 1 is 1.36 bits per heavy atom. The summed E-state index contributed by atoms with van der Waals surface area (Å²) < 4.78 is 1.55. The SMILES string of the molecule is Cc1nn(C(C)C(=O)Nc2ccc([N+](=O)[O-])cc2)c(C)c1Cl. The second kappa shape index (κ2) is 6.15. The van der Waals surface area contributed by atoms with Gasteiger partial charge in [0.1, 0.15) is 6.04 Å². The van der Waals surface area contributed by atoms with Crippen molar-refractivity contribution in [1.29, 1.82) is 0 Å². The number of nitro benzene ring substituents is 1. The Kier molecular flexibility index (Phi) is 4.46. The monoisotopic (exact) mass is 322 g/mol. The van der Waals surface area contributed by atoms with Crippen molar-refractivity contribution in [3.8, 4) is 0 Å². The predicted molar refractivity (Wildman–Crippen MR) is 83.1 cm³/mol. The molecule has 0 aliphatic heterocycles. The number of nitro groups is 1. The molecule has 0 radical (unpaired) electrons. The van der Waals surface area contributed by atoms with Gasteiger partial charge in [-0.15, -0.1) is 0 Å². The lowest BCUT2D eigenvalue weighted by molar-refractivity contribution is -0.384. The number of halogens is 1. The van der Waals surface area contributed by atoms with Crippen LogP contribution in [0, 0.1) is 24.0 Å². The first-order valence-electron chi connectivity index (χ1n) is 6.57. The molecule has 1 N–H and O–H groups in total. The van der Waals surface area contributed by atoms with Crippen LogP contribution in [0.2, 0.25) is 5.02 Å². The van der Waals surface area contributed by atoms with Crippen LogP contribution in [0.5, 0.6) is 0 Å². The first-order chi connectivity index (χ1) is 10.3. The van der Waals surface area contributed by atoms with Gasteiger partial charge in [0.25, 0.3) is 5.69 Å². The van der Waals surface area contributed by atoms with E-state index in [4.69, 9.17) is 11.6 Å². The Labute approximate surface area is 132 Å². The number of carbonyl (C=O) groups is 1. The fourth-order valence-corrected chi connectivity index (χ4v) is 2.17. The van der Waals surface area contributed by atoms with Gasteiger partial charge >= 0.3 is 0 Å². The summed E-state index contributed by atoms with van der Waals surface area (Å²) in [7, 11) is 0. The van der Waals surface area contributed by atoms with Crippen molar-refractivity contribution in [2.45, 2.75) is 26.8 Å². The number of anilines is 1. The van der Waals surface area contributed by atoms with Gasteiger partial charge in [-0.3, -0.25) is 19.6 Å². The highest BCUT2D eigenvalue weighted by molar-refractivity contribution is 6.31. The fourth-order valence-electron chi connectivity index (χ4n) is 2.04. The van der Waals surface area contributed by atoms with Crippen molar-refractivity contribution in [3.63, 3.8) is 0 Å². The zero-order valence-electron chi connectivity index (χ0n) is 12.3. The van der Waals surface area contributed by atoms with Crippen LogP contribution < -0.4 is 5.32 Å². The van der Waals surface area contributed by atoms with E-state index in [0.29, 0.717) is 22.1 Å². The number of aromatic nitrogens is 2. The predicted octanol–water partition coefficient (Wildman–Crippen LogP) is 3.26. The van der Waals surface area contributed by atoms with Gasteiger partial charge in [0, 0.05) is 17.8 Å². The zero-order valence-corrected chi connectivity index (χ0v) is 13.1. The van der Waals surface area contributed by atoms with Crippen LogP contribution in [0.3, 0.4) is 0 Å². The van der Waals surface area contributed by atoms with Crippen LogP contribution in [0.1, 0.15) is 24.4 Å². The second-order valence-electron chi connectivity index (χ2n) is 4.90. The minimum absolute atomic E-state index is 0.0311. The van der Waals surface area contributed by atoms with E-state index in [9.17, 15) is 14.9 Å². The van der Waals surface area contributed by atoms with Crippen LogP contribution >= 0.6 is 11.6 Å². The highest BCUT2D eigenvalue weighted by Gasteiger charge is 2.20. The summed E-state index contributed by atoms with van der Waals surface area (Å²) in [6.45, 7) is 5.27. The first-order valence-corrected chi connectivity index (χ1v) is 6.95. The third-order valence-corrected chi connectivity index (χ3v) is 3.88. The van der Waals surface area contributed by atoms with Crippen LogP contribution in [0.15, 0.2) is 24.3 Å². The van der Waals surface area contributed by atoms with E-state index in [1.165, 1.54) is 24.3 Å². The maximum absolute atomic E-state index is 12.3. The summed E-state index contributed by atoms with van der Waals surface area (Å²) in [5, 5.41) is 18.1. The average Bonchev–Trinajstić information content (AvgIpc) is 2.74. The van der Waals surface area contributed by atoms with Crippen molar-refractivity contribution in [2.75, 3.05) is 5.32 Å². The molecular formula is C14H15ClN4O3. The molecule has 7 nitrogen and oxygen atoms in total. The number of nitrogens with zero attached hydrogens (tertiary/aromatic N) is 3. The molecule has 22 heavy (non-hydrogen) atoms. The highest BCUT2D eigenvalue weighted by atomic mass is 35.5. The molecule has 0 aliphatic rings. The average molecular weight is 323 g/mol. The minimum atomic E-state index is -0.554. The lowest BCUT2D eigenvalue weighted by Gasteiger charge is -2.14. The van der Waals surface area contributed by atoms with E-state index in [1.54, 1.807) is 25.5 Å². The number of carbonyl (C=O) groups excluding carboxylic acids is 1. The van der Waals surface area contributed by atoms with Crippen LogP contribution in [0.4, 0.5) is 11.4 Å². The topological polar surface area (TPSA) is 90.1 Å². The molecule has 0 fully saturated rings. The van der Waals surface area contributed by atoms with Crippen molar-refractivity contribution in [1.82, 2.24) is 9.78 Å². The summed E-state index contributed by atoms with van der Waals surface area (Å²) in [5.74, 6) is -0.281. The molecule has 8 heteroatoms. The number of hydrogen-bond donors (Lipinski definition) is 1. The van der Waals surface area contributed by atoms with Gasteiger partial charge < -0.3 is 5.32 Å². The van der Waals surface area contributed by atoms with Gasteiger partial charge in [-0.2, -0.15) is 5.10 Å². The minimum Gasteiger partial charge on any atom is -0.324 e. The molecule has 0 spiro atoms. The van der Waals surface area contributed by atoms with Gasteiger partial charge in [0.15, 0.2) is 0 Å². The molecule has 1 atom stereocenters. The number of hydrogen-bond acceptors (Lipinski definition) is 4. The van der Waals surface area contributed by atoms with E-state index >= 15 is 0 Å². The van der Waals surface area contributed by atoms with Crippen molar-refractivity contribution in [3.05, 3.63) is 50.8 Å². The van der Waals surface area contributed by atoms with E-state index in [2.05, 4.69) is 10.4 Å². The normalized spacial score (nSPS) is 12.0. The fraction of sp³-hybridized carbons (Fsp3) is 0.286. The van der Waals surface area contributed by atoms with E-state index in [0.717, 1.165) is 0 Å². The molecule has 1 heterocycles. The summed E-state index contributed by atoms with van der Waals surface area (Å²) >= 11 is 6.08. The smallest absolute Gasteiger partial charge is 0.269 e. The maximum atomic E-state index is 12.3. The molecule has 2 aromatic rings. The number of amides is 1. The molecule has 0 aliphatic carbocycles. The zero-order chi connectivity index (χ0) is 16.4. The molecule has 1 aromatic carbocycles. The van der Waals surface area contributed by atoms with E-state index < -0.39 is 11.0 Å².